The summed E-state index contributed by atoms with van der Waals surface area (Å²) < 4.78 is 16.2. The largest absolute Gasteiger partial charge is 0.294 e. The van der Waals surface area contributed by atoms with Crippen molar-refractivity contribution in [3.05, 3.63) is 0 Å². The lowest BCUT2D eigenvalue weighted by Gasteiger charge is -1.55. The van der Waals surface area contributed by atoms with Gasteiger partial charge in [-0.25, -0.2) is 4.21 Å². The molecule has 0 amide bonds. The quantitative estimate of drug-likeness (QED) is 0.395. The Hall–Kier alpha value is 0.690. The van der Waals surface area contributed by atoms with E-state index in [0.29, 0.717) is 0 Å². The fourth-order valence-corrected chi connectivity index (χ4v) is 0. The molecule has 0 aliphatic carbocycles. The second-order valence-corrected chi connectivity index (χ2v) is 1.41. The minimum Gasteiger partial charge on any atom is -0.294 e. The van der Waals surface area contributed by atoms with Gasteiger partial charge in [0.05, 0.1) is 0 Å². The molecule has 0 radical (unpaired) electrons. The second kappa shape index (κ2) is 4.69. The summed E-state index contributed by atoms with van der Waals surface area (Å²) in [5.41, 5.74) is 0. The number of hydrogen-bond donors (Lipinski definition) is 1. The van der Waals surface area contributed by atoms with E-state index in [-0.39, 0.29) is 12.4 Å². The van der Waals surface area contributed by atoms with Crippen LogP contribution in [-0.4, -0.2) is 8.76 Å². The molecule has 0 fully saturated rings. The van der Waals surface area contributed by atoms with Crippen molar-refractivity contribution in [2.75, 3.05) is 0 Å². The molecule has 1 N–H and O–H groups in total. The Kier molecular flexibility index (Phi) is 8.62. The average molecular weight is 137 g/mol. The summed E-state index contributed by atoms with van der Waals surface area (Å²) in [5.74, 6) is 0. The highest BCUT2D eigenvalue weighted by molar-refractivity contribution is 8.03. The van der Waals surface area contributed by atoms with Crippen molar-refractivity contribution in [1.29, 1.82) is 0 Å². The van der Waals surface area contributed by atoms with Gasteiger partial charge in [-0.15, -0.1) is 12.4 Å². The molecule has 5 heavy (non-hydrogen) atoms. The third-order valence-corrected chi connectivity index (χ3v) is 0. The zero-order valence-corrected chi connectivity index (χ0v) is 4.44. The lowest BCUT2D eigenvalue weighted by molar-refractivity contribution is 0.580. The first-order valence-electron chi connectivity index (χ1n) is 0.504. The molecule has 0 rings (SSSR count). The van der Waals surface area contributed by atoms with Gasteiger partial charge in [0.1, 0.15) is 0 Å². The Morgan fingerprint density at radius 1 is 1.80 bits per heavy atom. The van der Waals surface area contributed by atoms with Crippen LogP contribution in [0.2, 0.25) is 0 Å². The lowest BCUT2D eigenvalue weighted by atomic mass is 15.9. The van der Waals surface area contributed by atoms with Crippen LogP contribution in [0.3, 0.4) is 0 Å². The van der Waals surface area contributed by atoms with Crippen molar-refractivity contribution in [3.63, 3.8) is 0 Å². The maximum atomic E-state index is 8.88. The van der Waals surface area contributed by atoms with Crippen LogP contribution < -0.4 is 0 Å². The predicted molar refractivity (Wildman–Crippen MR) is 23.9 cm³/mol. The molecule has 0 aliphatic rings. The van der Waals surface area contributed by atoms with Crippen LogP contribution in [0.15, 0.2) is 0 Å². The van der Waals surface area contributed by atoms with Crippen LogP contribution in [-0.2, 0) is 10.3 Å². The molecule has 0 saturated heterocycles. The average Bonchev–Trinajstić information content (AvgIpc) is 0.811. The monoisotopic (exact) mass is 136 g/mol. The van der Waals surface area contributed by atoms with Gasteiger partial charge in [0.25, 0.3) is 10.3 Å². The number of halogens is 2. The van der Waals surface area contributed by atoms with E-state index in [0.717, 1.165) is 0 Å². The molecular formula is H2Cl2O2S. The van der Waals surface area contributed by atoms with E-state index >= 15 is 0 Å². The van der Waals surface area contributed by atoms with Crippen LogP contribution >= 0.6 is 23.1 Å². The van der Waals surface area contributed by atoms with Gasteiger partial charge in [0.15, 0.2) is 0 Å². The van der Waals surface area contributed by atoms with E-state index in [1.807, 2.05) is 0 Å². The normalized spacial score (nSPS) is 12.4. The van der Waals surface area contributed by atoms with Crippen molar-refractivity contribution in [3.8, 4) is 0 Å². The first kappa shape index (κ1) is 9.19. The van der Waals surface area contributed by atoms with Crippen LogP contribution in [0, 0.1) is 0 Å². The summed E-state index contributed by atoms with van der Waals surface area (Å²) >= 11 is 0. The van der Waals surface area contributed by atoms with Crippen molar-refractivity contribution in [1.82, 2.24) is 0 Å². The van der Waals surface area contributed by atoms with Crippen LogP contribution in [0.5, 0.6) is 0 Å². The first-order chi connectivity index (χ1) is 1.73. The summed E-state index contributed by atoms with van der Waals surface area (Å²) in [6.45, 7) is 0. The SMILES string of the molecule is Cl.O=S(O)Cl. The van der Waals surface area contributed by atoms with Gasteiger partial charge in [-0.05, 0) is 0 Å². The van der Waals surface area contributed by atoms with Gasteiger partial charge in [-0.2, -0.15) is 0 Å². The first-order valence-corrected chi connectivity index (χ1v) is 2.44. The molecule has 0 aromatic carbocycles. The molecule has 0 heterocycles. The van der Waals surface area contributed by atoms with Gasteiger partial charge in [0.2, 0.25) is 0 Å². The van der Waals surface area contributed by atoms with Crippen molar-refractivity contribution >= 4 is 33.4 Å². The van der Waals surface area contributed by atoms with Crippen LogP contribution in [0.4, 0.5) is 0 Å². The number of rotatable bonds is 0. The summed E-state index contributed by atoms with van der Waals surface area (Å²) in [7, 11) is 2.16. The molecule has 1 unspecified atom stereocenters. The van der Waals surface area contributed by atoms with E-state index in [2.05, 4.69) is 10.7 Å². The zero-order chi connectivity index (χ0) is 3.58. The highest BCUT2D eigenvalue weighted by Gasteiger charge is 1.65. The van der Waals surface area contributed by atoms with Gasteiger partial charge in [-0.1, -0.05) is 0 Å². The van der Waals surface area contributed by atoms with Gasteiger partial charge in [-0.3, -0.25) is 4.55 Å². The Bertz CT molecular complexity index is 30.6. The van der Waals surface area contributed by atoms with Crippen molar-refractivity contribution < 1.29 is 8.76 Å². The van der Waals surface area contributed by atoms with E-state index in [1.54, 1.807) is 0 Å². The maximum Gasteiger partial charge on any atom is 0.253 e. The highest BCUT2D eigenvalue weighted by Crippen LogP contribution is 1.72. The maximum absolute atomic E-state index is 8.88. The molecule has 5 heteroatoms. The van der Waals surface area contributed by atoms with E-state index in [9.17, 15) is 0 Å². The topological polar surface area (TPSA) is 37.3 Å². The fourth-order valence-electron chi connectivity index (χ4n) is 0. The Morgan fingerprint density at radius 3 is 1.80 bits per heavy atom. The van der Waals surface area contributed by atoms with E-state index < -0.39 is 10.3 Å². The van der Waals surface area contributed by atoms with E-state index in [1.165, 1.54) is 0 Å². The summed E-state index contributed by atoms with van der Waals surface area (Å²) in [6, 6.07) is 0. The molecule has 2 nitrogen and oxygen atoms in total. The molecule has 0 saturated carbocycles. The molecule has 0 aromatic rings. The van der Waals surface area contributed by atoms with Crippen molar-refractivity contribution in [2.45, 2.75) is 0 Å². The Labute approximate surface area is 42.7 Å². The summed E-state index contributed by atoms with van der Waals surface area (Å²) in [6.07, 6.45) is 0. The van der Waals surface area contributed by atoms with Crippen LogP contribution in [0.25, 0.3) is 0 Å². The molecule has 0 spiro atoms. The molecule has 1 atom stereocenters. The van der Waals surface area contributed by atoms with Crippen LogP contribution in [0.1, 0.15) is 0 Å². The minimum absolute atomic E-state index is 0. The van der Waals surface area contributed by atoms with Gasteiger partial charge >= 0.3 is 0 Å². The van der Waals surface area contributed by atoms with Crippen molar-refractivity contribution in [2.24, 2.45) is 0 Å². The zero-order valence-electron chi connectivity index (χ0n) is 2.05. The standard InChI is InChI=1S/ClHO2S.ClH/c1-4(2)3;/h(H,2,3);1H. The van der Waals surface area contributed by atoms with Gasteiger partial charge < -0.3 is 0 Å². The molecular weight excluding hydrogens is 135 g/mol. The Balaban J connectivity index is 0. The summed E-state index contributed by atoms with van der Waals surface area (Å²) in [4.78, 5) is 0. The Morgan fingerprint density at radius 2 is 1.80 bits per heavy atom. The molecule has 0 bridgehead atoms. The fraction of sp³-hybridized carbons (Fsp3) is 0. The molecule has 0 aromatic heterocycles. The second-order valence-electron chi connectivity index (χ2n) is 0.207. The lowest BCUT2D eigenvalue weighted by Crippen LogP contribution is -1.60. The minimum atomic E-state index is -2.14. The third-order valence-electron chi connectivity index (χ3n) is 0. The summed E-state index contributed by atoms with van der Waals surface area (Å²) in [5, 5.41) is 0. The number of hydrogen-bond acceptors (Lipinski definition) is 1. The van der Waals surface area contributed by atoms with Gasteiger partial charge in [0, 0.05) is 10.7 Å². The van der Waals surface area contributed by atoms with E-state index in [4.69, 9.17) is 8.76 Å². The molecule has 0 aliphatic heterocycles. The third kappa shape index (κ3) is 71.3. The predicted octanol–water partition coefficient (Wildman–Crippen LogP) is 0.784. The smallest absolute Gasteiger partial charge is 0.253 e. The highest BCUT2D eigenvalue weighted by atomic mass is 35.7. The molecule has 34 valence electrons.